The van der Waals surface area contributed by atoms with Crippen molar-refractivity contribution in [2.75, 3.05) is 13.7 Å². The Balaban J connectivity index is 1.30. The second kappa shape index (κ2) is 6.51. The van der Waals surface area contributed by atoms with Gasteiger partial charge in [-0.15, -0.1) is 0 Å². The number of carbonyl (C=O) groups is 4. The number of Topliss-reactive ketones (excluding diaryl/α,β-unsaturated/α-hetero) is 2. The molecular weight excluding hydrogens is 524 g/mol. The number of epoxide rings is 1. The highest BCUT2D eigenvalue weighted by molar-refractivity contribution is 5.99. The van der Waals surface area contributed by atoms with E-state index in [4.69, 9.17) is 28.4 Å². The van der Waals surface area contributed by atoms with Gasteiger partial charge in [0.25, 0.3) is 0 Å². The summed E-state index contributed by atoms with van der Waals surface area (Å²) in [5.74, 6) is -6.57. The fourth-order valence-corrected chi connectivity index (χ4v) is 11.5. The van der Waals surface area contributed by atoms with E-state index < -0.39 is 80.7 Å². The van der Waals surface area contributed by atoms with Gasteiger partial charge >= 0.3 is 11.9 Å². The first-order chi connectivity index (χ1) is 18.8. The average molecular weight is 559 g/mol. The van der Waals surface area contributed by atoms with E-state index in [-0.39, 0.29) is 56.1 Å². The molecule has 9 rings (SSSR count). The van der Waals surface area contributed by atoms with Crippen LogP contribution in [0.2, 0.25) is 0 Å². The number of hydrogen-bond donors (Lipinski definition) is 1. The highest BCUT2D eigenvalue weighted by Crippen LogP contribution is 2.77. The lowest BCUT2D eigenvalue weighted by Crippen LogP contribution is -2.79. The molecule has 14 atom stereocenters. The van der Waals surface area contributed by atoms with Gasteiger partial charge in [0.15, 0.2) is 22.6 Å². The van der Waals surface area contributed by atoms with Gasteiger partial charge in [-0.3, -0.25) is 14.4 Å². The second-order valence-electron chi connectivity index (χ2n) is 14.5. The highest BCUT2D eigenvalue weighted by atomic mass is 16.8. The first kappa shape index (κ1) is 24.7. The van der Waals surface area contributed by atoms with Crippen LogP contribution in [0.25, 0.3) is 0 Å². The van der Waals surface area contributed by atoms with Crippen LogP contribution in [0.3, 0.4) is 0 Å². The van der Waals surface area contributed by atoms with Crippen LogP contribution < -0.4 is 0 Å². The van der Waals surface area contributed by atoms with Crippen LogP contribution in [-0.4, -0.2) is 88.8 Å². The molecule has 6 aliphatic heterocycles. The van der Waals surface area contributed by atoms with E-state index in [0.717, 1.165) is 0 Å². The number of aliphatic hydroxyl groups is 1. The molecule has 9 aliphatic rings. The predicted molar refractivity (Wildman–Crippen MR) is 128 cm³/mol. The minimum absolute atomic E-state index is 0.0238. The number of carbonyl (C=O) groups excluding carboxylic acids is 4. The van der Waals surface area contributed by atoms with Crippen molar-refractivity contribution in [2.45, 2.75) is 106 Å². The number of rotatable bonds is 1. The molecule has 3 aliphatic carbocycles. The molecule has 11 heteroatoms. The van der Waals surface area contributed by atoms with Gasteiger partial charge < -0.3 is 33.5 Å². The molecule has 0 radical (unpaired) electrons. The zero-order valence-electron chi connectivity index (χ0n) is 23.0. The largest absolute Gasteiger partial charge is 0.458 e. The zero-order valence-corrected chi connectivity index (χ0v) is 23.0. The molecule has 6 saturated heterocycles. The fraction of sp³-hybridized carbons (Fsp3) is 0.862. The van der Waals surface area contributed by atoms with Gasteiger partial charge in [0.05, 0.1) is 36.1 Å². The summed E-state index contributed by atoms with van der Waals surface area (Å²) in [4.78, 5) is 56.2. The Morgan fingerprint density at radius 3 is 2.55 bits per heavy atom. The molecule has 0 aromatic heterocycles. The Labute approximate surface area is 230 Å². The van der Waals surface area contributed by atoms with Crippen LogP contribution in [0.4, 0.5) is 0 Å². The molecule has 5 bridgehead atoms. The lowest BCUT2D eigenvalue weighted by molar-refractivity contribution is -0.376. The first-order valence-corrected chi connectivity index (χ1v) is 14.6. The maximum absolute atomic E-state index is 15.0. The lowest BCUT2D eigenvalue weighted by Gasteiger charge is -2.63. The lowest BCUT2D eigenvalue weighted by atomic mass is 9.46. The molecule has 6 heterocycles. The monoisotopic (exact) mass is 558 g/mol. The molecule has 216 valence electrons. The van der Waals surface area contributed by atoms with Crippen molar-refractivity contribution in [1.29, 1.82) is 0 Å². The minimum atomic E-state index is -2.21. The third kappa shape index (κ3) is 2.05. The summed E-state index contributed by atoms with van der Waals surface area (Å²) in [6.45, 7) is 5.28. The second-order valence-corrected chi connectivity index (χ2v) is 14.5. The van der Waals surface area contributed by atoms with Crippen LogP contribution >= 0.6 is 0 Å². The van der Waals surface area contributed by atoms with Crippen molar-refractivity contribution in [3.63, 3.8) is 0 Å². The van der Waals surface area contributed by atoms with E-state index in [0.29, 0.717) is 12.8 Å². The Kier molecular flexibility index (Phi) is 4.02. The molecule has 14 unspecified atom stereocenters. The Bertz CT molecular complexity index is 1350. The summed E-state index contributed by atoms with van der Waals surface area (Å²) in [5, 5.41) is 12.5. The van der Waals surface area contributed by atoms with E-state index in [9.17, 15) is 19.5 Å². The number of methoxy groups -OCH3 is 1. The maximum Gasteiger partial charge on any atom is 0.342 e. The summed E-state index contributed by atoms with van der Waals surface area (Å²) in [6.07, 6.45) is 0.203. The third-order valence-corrected chi connectivity index (χ3v) is 13.6. The van der Waals surface area contributed by atoms with Crippen molar-refractivity contribution in [3.8, 4) is 0 Å². The highest BCUT2D eigenvalue weighted by Gasteiger charge is 2.94. The Hall–Kier alpha value is -1.92. The Morgan fingerprint density at radius 1 is 1.02 bits per heavy atom. The van der Waals surface area contributed by atoms with Crippen molar-refractivity contribution < 1.29 is 52.7 Å². The van der Waals surface area contributed by atoms with E-state index in [2.05, 4.69) is 0 Å². The summed E-state index contributed by atoms with van der Waals surface area (Å²) in [6, 6.07) is 0. The normalized spacial score (nSPS) is 63.8. The third-order valence-electron chi connectivity index (χ3n) is 13.6. The van der Waals surface area contributed by atoms with Gasteiger partial charge in [-0.25, -0.2) is 4.79 Å². The molecule has 0 aromatic rings. The predicted octanol–water partition coefficient (Wildman–Crippen LogP) is 0.617. The molecule has 3 saturated carbocycles. The van der Waals surface area contributed by atoms with Crippen molar-refractivity contribution in [1.82, 2.24) is 0 Å². The van der Waals surface area contributed by atoms with Gasteiger partial charge in [0, 0.05) is 25.9 Å². The minimum Gasteiger partial charge on any atom is -0.458 e. The van der Waals surface area contributed by atoms with Crippen molar-refractivity contribution >= 4 is 23.5 Å². The molecule has 40 heavy (non-hydrogen) atoms. The smallest absolute Gasteiger partial charge is 0.342 e. The Morgan fingerprint density at radius 2 is 1.80 bits per heavy atom. The van der Waals surface area contributed by atoms with E-state index in [1.165, 1.54) is 0 Å². The van der Waals surface area contributed by atoms with Crippen LogP contribution in [-0.2, 0) is 47.6 Å². The summed E-state index contributed by atoms with van der Waals surface area (Å²) in [7, 11) is 1.59. The number of esters is 2. The van der Waals surface area contributed by atoms with Gasteiger partial charge in [-0.2, -0.15) is 0 Å². The van der Waals surface area contributed by atoms with Crippen molar-refractivity contribution in [2.24, 2.45) is 34.5 Å². The number of ketones is 2. The summed E-state index contributed by atoms with van der Waals surface area (Å²) >= 11 is 0. The van der Waals surface area contributed by atoms with Gasteiger partial charge in [-0.05, 0) is 50.9 Å². The quantitative estimate of drug-likeness (QED) is 0.357. The molecule has 0 aromatic carbocycles. The first-order valence-electron chi connectivity index (χ1n) is 14.6. The van der Waals surface area contributed by atoms with Crippen LogP contribution in [0.15, 0.2) is 0 Å². The standard InChI is InChI=1S/C29H34O11/c1-23-10-18-25(3)29-19(23)20(31)28(40-29,36-11-15(23)21(32)37-18)14-8-17-27(38-17)9-12(35-4)7-16(30)24(27,2)13(14)5-6-26(29,34)22(33)39-25/h12-15,17-19,34H,5-11H2,1-4H3. The molecule has 1 N–H and O–H groups in total. The maximum atomic E-state index is 15.0. The average Bonchev–Trinajstić information content (AvgIpc) is 3.49. The molecule has 3 spiro atoms. The zero-order chi connectivity index (χ0) is 28.0. The fourth-order valence-electron chi connectivity index (χ4n) is 11.5. The molecule has 9 fully saturated rings. The van der Waals surface area contributed by atoms with E-state index in [1.54, 1.807) is 14.0 Å². The molecule has 0 amide bonds. The molecule has 11 nitrogen and oxygen atoms in total. The summed E-state index contributed by atoms with van der Waals surface area (Å²) in [5.41, 5.74) is -8.36. The van der Waals surface area contributed by atoms with Gasteiger partial charge in [0.2, 0.25) is 5.79 Å². The summed E-state index contributed by atoms with van der Waals surface area (Å²) < 4.78 is 37.4. The van der Waals surface area contributed by atoms with Crippen LogP contribution in [0, 0.1) is 34.5 Å². The van der Waals surface area contributed by atoms with Gasteiger partial charge in [-0.1, -0.05) is 6.92 Å². The number of fused-ring (bicyclic) bond motifs is 4. The topological polar surface area (TPSA) is 147 Å². The van der Waals surface area contributed by atoms with Crippen LogP contribution in [0.5, 0.6) is 0 Å². The van der Waals surface area contributed by atoms with Gasteiger partial charge in [0.1, 0.15) is 17.5 Å². The van der Waals surface area contributed by atoms with E-state index >= 15 is 4.79 Å². The molecular formula is C29H34O11. The number of ether oxygens (including phenoxy) is 6. The number of hydrogen-bond acceptors (Lipinski definition) is 11. The van der Waals surface area contributed by atoms with Crippen molar-refractivity contribution in [3.05, 3.63) is 0 Å². The van der Waals surface area contributed by atoms with E-state index in [1.807, 2.05) is 13.8 Å². The SMILES string of the molecule is COC1CC(=O)C2(C)C3CCC4(O)C(=O)OC5(C)C6CC7(C)C(COC8(OC45C7C8=O)C3CC3OC32C1)C(=O)O6. The van der Waals surface area contributed by atoms with Crippen LogP contribution in [0.1, 0.15) is 59.3 Å².